The van der Waals surface area contributed by atoms with Gasteiger partial charge in [0.05, 0.1) is 26.2 Å². The molecule has 1 fully saturated rings. The summed E-state index contributed by atoms with van der Waals surface area (Å²) in [5.74, 6) is 1.47. The molecule has 0 spiro atoms. The van der Waals surface area contributed by atoms with Crippen LogP contribution in [0.4, 0.5) is 11.4 Å². The van der Waals surface area contributed by atoms with Crippen molar-refractivity contribution in [3.05, 3.63) is 96.1 Å². The van der Waals surface area contributed by atoms with Crippen molar-refractivity contribution in [1.82, 2.24) is 10.2 Å². The van der Waals surface area contributed by atoms with Crippen molar-refractivity contribution in [1.29, 1.82) is 0 Å². The highest BCUT2D eigenvalue weighted by Crippen LogP contribution is 2.35. The fraction of sp³-hybridized carbons (Fsp3) is 0.235. The van der Waals surface area contributed by atoms with Gasteiger partial charge in [-0.3, -0.25) is 9.59 Å². The van der Waals surface area contributed by atoms with E-state index in [1.165, 1.54) is 26.2 Å². The zero-order chi connectivity index (χ0) is 30.9. The summed E-state index contributed by atoms with van der Waals surface area (Å²) in [6.45, 7) is 2.58. The molecule has 0 radical (unpaired) electrons. The molecule has 1 heterocycles. The minimum atomic E-state index is -0.265. The van der Waals surface area contributed by atoms with E-state index in [2.05, 4.69) is 21.4 Å². The van der Waals surface area contributed by atoms with E-state index in [1.54, 1.807) is 25.3 Å². The second kappa shape index (κ2) is 14.6. The van der Waals surface area contributed by atoms with Gasteiger partial charge in [-0.05, 0) is 84.1 Å². The lowest BCUT2D eigenvalue weighted by Crippen LogP contribution is -2.41. The summed E-state index contributed by atoms with van der Waals surface area (Å²) >= 11 is 1.45. The van der Waals surface area contributed by atoms with Crippen LogP contribution < -0.4 is 29.6 Å². The number of rotatable bonds is 13. The Kier molecular flexibility index (Phi) is 10.1. The first-order valence-corrected chi connectivity index (χ1v) is 15.2. The van der Waals surface area contributed by atoms with E-state index in [0.29, 0.717) is 35.7 Å². The molecule has 0 aliphatic carbocycles. The molecular formula is C34H36N4O5S. The number of hydrogen-bond donors (Lipinski definition) is 3. The van der Waals surface area contributed by atoms with Crippen molar-refractivity contribution in [2.75, 3.05) is 57.5 Å². The molecule has 44 heavy (non-hydrogen) atoms. The van der Waals surface area contributed by atoms with Gasteiger partial charge < -0.3 is 34.5 Å². The Morgan fingerprint density at radius 2 is 1.43 bits per heavy atom. The zero-order valence-corrected chi connectivity index (χ0v) is 25.8. The minimum absolute atomic E-state index is 0.0791. The predicted molar refractivity (Wildman–Crippen MR) is 175 cm³/mol. The Hall–Kier alpha value is -4.83. The molecule has 4 aromatic carbocycles. The molecule has 0 bridgehead atoms. The number of anilines is 2. The van der Waals surface area contributed by atoms with E-state index in [0.717, 1.165) is 52.7 Å². The molecule has 9 nitrogen and oxygen atoms in total. The number of carbonyl (C=O) groups is 2. The van der Waals surface area contributed by atoms with Gasteiger partial charge in [-0.15, -0.1) is 0 Å². The standard InChI is InChI=1S/C34H36N4O5S/c1-41-28-15-14-24(23-8-4-9-25(20-23)34(40)38-18-7-19-38)21-31(28)44-37-27-11-5-10-26(22-27)35-16-17-36-33(39)32-29(42-2)12-6-13-30(32)43-3/h4-6,8-15,20-22,35,37H,7,16-19H2,1-3H3,(H,36,39). The molecule has 2 amide bonds. The lowest BCUT2D eigenvalue weighted by atomic mass is 10.0. The monoisotopic (exact) mass is 612 g/mol. The van der Waals surface area contributed by atoms with E-state index in [-0.39, 0.29) is 11.8 Å². The topological polar surface area (TPSA) is 101 Å². The van der Waals surface area contributed by atoms with Crippen LogP contribution in [-0.4, -0.2) is 64.2 Å². The molecule has 0 saturated carbocycles. The van der Waals surface area contributed by atoms with E-state index in [1.807, 2.05) is 65.6 Å². The van der Waals surface area contributed by atoms with E-state index >= 15 is 0 Å². The molecule has 4 aromatic rings. The highest BCUT2D eigenvalue weighted by molar-refractivity contribution is 8.00. The summed E-state index contributed by atoms with van der Waals surface area (Å²) < 4.78 is 19.7. The van der Waals surface area contributed by atoms with Gasteiger partial charge in [-0.1, -0.05) is 30.3 Å². The van der Waals surface area contributed by atoms with E-state index in [9.17, 15) is 9.59 Å². The van der Waals surface area contributed by atoms with E-state index in [4.69, 9.17) is 14.2 Å². The minimum Gasteiger partial charge on any atom is -0.496 e. The molecule has 0 unspecified atom stereocenters. The summed E-state index contributed by atoms with van der Waals surface area (Å²) in [6.07, 6.45) is 1.06. The number of nitrogens with one attached hydrogen (secondary N) is 3. The summed E-state index contributed by atoms with van der Waals surface area (Å²) in [5.41, 5.74) is 4.85. The third-order valence-electron chi connectivity index (χ3n) is 7.29. The third kappa shape index (κ3) is 7.20. The molecule has 10 heteroatoms. The Balaban J connectivity index is 1.19. The van der Waals surface area contributed by atoms with Crippen molar-refractivity contribution in [2.45, 2.75) is 11.3 Å². The Morgan fingerprint density at radius 1 is 0.750 bits per heavy atom. The third-order valence-corrected chi connectivity index (χ3v) is 8.16. The number of benzene rings is 4. The summed E-state index contributed by atoms with van der Waals surface area (Å²) in [5, 5.41) is 6.26. The maximum absolute atomic E-state index is 12.8. The molecule has 3 N–H and O–H groups in total. The summed E-state index contributed by atoms with van der Waals surface area (Å²) in [7, 11) is 4.70. The SMILES string of the molecule is COc1ccc(-c2cccc(C(=O)N3CCC3)c2)cc1SNc1cccc(NCCNC(=O)c2c(OC)cccc2OC)c1. The molecule has 5 rings (SSSR count). The lowest BCUT2D eigenvalue weighted by Gasteiger charge is -2.31. The number of ether oxygens (including phenoxy) is 3. The molecular weight excluding hydrogens is 576 g/mol. The second-order valence-corrected chi connectivity index (χ2v) is 10.9. The van der Waals surface area contributed by atoms with Gasteiger partial charge in [0.2, 0.25) is 0 Å². The zero-order valence-electron chi connectivity index (χ0n) is 25.0. The van der Waals surface area contributed by atoms with E-state index < -0.39 is 0 Å². The van der Waals surface area contributed by atoms with Crippen molar-refractivity contribution >= 4 is 35.1 Å². The van der Waals surface area contributed by atoms with Crippen molar-refractivity contribution in [2.24, 2.45) is 0 Å². The maximum Gasteiger partial charge on any atom is 0.258 e. The number of methoxy groups -OCH3 is 3. The van der Waals surface area contributed by atoms with Crippen LogP contribution >= 0.6 is 11.9 Å². The van der Waals surface area contributed by atoms with Crippen LogP contribution in [0.3, 0.4) is 0 Å². The van der Waals surface area contributed by atoms with Crippen molar-refractivity contribution < 1.29 is 23.8 Å². The summed E-state index contributed by atoms with van der Waals surface area (Å²) in [4.78, 5) is 28.3. The van der Waals surface area contributed by atoms with Crippen LogP contribution in [-0.2, 0) is 0 Å². The molecule has 1 aliphatic heterocycles. The van der Waals surface area contributed by atoms with Gasteiger partial charge in [0.15, 0.2) is 0 Å². The predicted octanol–water partition coefficient (Wildman–Crippen LogP) is 6.19. The number of carbonyl (C=O) groups excluding carboxylic acids is 2. The first-order chi connectivity index (χ1) is 21.5. The average molecular weight is 613 g/mol. The Labute approximate surface area is 262 Å². The van der Waals surface area contributed by atoms with Gasteiger partial charge in [0.1, 0.15) is 22.8 Å². The fourth-order valence-corrected chi connectivity index (χ4v) is 5.62. The molecule has 228 valence electrons. The smallest absolute Gasteiger partial charge is 0.258 e. The molecule has 0 aromatic heterocycles. The van der Waals surface area contributed by atoms with Crippen LogP contribution in [0, 0.1) is 0 Å². The first kappa shape index (κ1) is 30.6. The largest absolute Gasteiger partial charge is 0.496 e. The van der Waals surface area contributed by atoms with Gasteiger partial charge in [0.25, 0.3) is 11.8 Å². The first-order valence-electron chi connectivity index (χ1n) is 14.3. The normalized spacial score (nSPS) is 12.1. The van der Waals surface area contributed by atoms with Crippen molar-refractivity contribution in [3.8, 4) is 28.4 Å². The second-order valence-electron chi connectivity index (χ2n) is 10.1. The Bertz CT molecular complexity index is 1600. The van der Waals surface area contributed by atoms with Crippen LogP contribution in [0.15, 0.2) is 89.8 Å². The average Bonchev–Trinajstić information content (AvgIpc) is 3.04. The molecule has 1 saturated heterocycles. The van der Waals surface area contributed by atoms with Crippen LogP contribution in [0.2, 0.25) is 0 Å². The Morgan fingerprint density at radius 3 is 2.14 bits per heavy atom. The number of likely N-dealkylation sites (tertiary alicyclic amines) is 1. The number of amides is 2. The van der Waals surface area contributed by atoms with Crippen LogP contribution in [0.1, 0.15) is 27.1 Å². The summed E-state index contributed by atoms with van der Waals surface area (Å²) in [6, 6.07) is 26.9. The fourth-order valence-electron chi connectivity index (χ4n) is 4.82. The van der Waals surface area contributed by atoms with Crippen LogP contribution in [0.25, 0.3) is 11.1 Å². The highest BCUT2D eigenvalue weighted by Gasteiger charge is 2.22. The number of nitrogens with zero attached hydrogens (tertiary/aromatic N) is 1. The van der Waals surface area contributed by atoms with Crippen LogP contribution in [0.5, 0.6) is 17.2 Å². The highest BCUT2D eigenvalue weighted by atomic mass is 32.2. The molecule has 0 atom stereocenters. The quantitative estimate of drug-likeness (QED) is 0.122. The van der Waals surface area contributed by atoms with Gasteiger partial charge in [-0.25, -0.2) is 0 Å². The maximum atomic E-state index is 12.8. The van der Waals surface area contributed by atoms with Gasteiger partial charge >= 0.3 is 0 Å². The molecule has 1 aliphatic rings. The van der Waals surface area contributed by atoms with Gasteiger partial charge in [0, 0.05) is 43.1 Å². The van der Waals surface area contributed by atoms with Crippen molar-refractivity contribution in [3.63, 3.8) is 0 Å². The van der Waals surface area contributed by atoms with Gasteiger partial charge in [-0.2, -0.15) is 0 Å². The lowest BCUT2D eigenvalue weighted by molar-refractivity contribution is 0.0651. The number of hydrogen-bond acceptors (Lipinski definition) is 8.